The lowest BCUT2D eigenvalue weighted by molar-refractivity contribution is 0.0752. The molecule has 3 heteroatoms. The van der Waals surface area contributed by atoms with E-state index in [-0.39, 0.29) is 5.91 Å². The molecule has 2 rings (SSSR count). The van der Waals surface area contributed by atoms with Crippen LogP contribution in [0, 0.1) is 6.92 Å². The van der Waals surface area contributed by atoms with E-state index < -0.39 is 0 Å². The van der Waals surface area contributed by atoms with E-state index in [9.17, 15) is 4.79 Å². The highest BCUT2D eigenvalue weighted by atomic mass is 79.9. The van der Waals surface area contributed by atoms with Crippen molar-refractivity contribution in [3.63, 3.8) is 0 Å². The molecule has 20 heavy (non-hydrogen) atoms. The fourth-order valence-corrected chi connectivity index (χ4v) is 2.52. The lowest BCUT2D eigenvalue weighted by Crippen LogP contribution is -2.30. The average molecular weight is 332 g/mol. The Morgan fingerprint density at radius 1 is 1.15 bits per heavy atom. The summed E-state index contributed by atoms with van der Waals surface area (Å²) in [7, 11) is 0. The summed E-state index contributed by atoms with van der Waals surface area (Å²) < 4.78 is 0.926. The van der Waals surface area contributed by atoms with E-state index in [0.29, 0.717) is 13.1 Å². The fourth-order valence-electron chi connectivity index (χ4n) is 2.12. The highest BCUT2D eigenvalue weighted by Gasteiger charge is 2.15. The van der Waals surface area contributed by atoms with E-state index in [1.54, 1.807) is 0 Å². The number of aryl methyl sites for hydroxylation is 1. The Morgan fingerprint density at radius 3 is 2.55 bits per heavy atom. The third kappa shape index (κ3) is 3.48. The zero-order chi connectivity index (χ0) is 14.5. The van der Waals surface area contributed by atoms with Gasteiger partial charge in [0.25, 0.3) is 5.91 Å². The molecule has 0 N–H and O–H groups in total. The summed E-state index contributed by atoms with van der Waals surface area (Å²) in [6, 6.07) is 15.7. The molecule has 0 unspecified atom stereocenters. The number of benzene rings is 2. The largest absolute Gasteiger partial charge is 0.335 e. The Labute approximate surface area is 128 Å². The number of rotatable bonds is 4. The van der Waals surface area contributed by atoms with Gasteiger partial charge in [-0.05, 0) is 43.2 Å². The van der Waals surface area contributed by atoms with Crippen LogP contribution in [-0.2, 0) is 6.54 Å². The van der Waals surface area contributed by atoms with Gasteiger partial charge in [0.1, 0.15) is 0 Å². The number of carbonyl (C=O) groups is 1. The standard InChI is InChI=1S/C17H18BrNO/c1-3-19(12-15-8-5-4-7-13(15)2)17(20)14-9-6-10-16(18)11-14/h4-11H,3,12H2,1-2H3. The van der Waals surface area contributed by atoms with Crippen molar-refractivity contribution in [3.05, 3.63) is 69.7 Å². The molecule has 0 aliphatic heterocycles. The van der Waals surface area contributed by atoms with Crippen molar-refractivity contribution in [3.8, 4) is 0 Å². The molecule has 104 valence electrons. The van der Waals surface area contributed by atoms with Crippen molar-refractivity contribution in [1.29, 1.82) is 0 Å². The first-order valence-electron chi connectivity index (χ1n) is 6.71. The first-order chi connectivity index (χ1) is 9.61. The number of hydrogen-bond donors (Lipinski definition) is 0. The van der Waals surface area contributed by atoms with Crippen LogP contribution in [0.2, 0.25) is 0 Å². The minimum atomic E-state index is 0.0667. The molecule has 0 saturated carbocycles. The number of hydrogen-bond acceptors (Lipinski definition) is 1. The van der Waals surface area contributed by atoms with Crippen molar-refractivity contribution in [2.75, 3.05) is 6.54 Å². The summed E-state index contributed by atoms with van der Waals surface area (Å²) in [4.78, 5) is 14.4. The molecule has 0 atom stereocenters. The normalized spacial score (nSPS) is 10.3. The SMILES string of the molecule is CCN(Cc1ccccc1C)C(=O)c1cccc(Br)c1. The van der Waals surface area contributed by atoms with Crippen LogP contribution in [-0.4, -0.2) is 17.4 Å². The van der Waals surface area contributed by atoms with Crippen LogP contribution in [0.25, 0.3) is 0 Å². The summed E-state index contributed by atoms with van der Waals surface area (Å²) in [6.07, 6.45) is 0. The lowest BCUT2D eigenvalue weighted by atomic mass is 10.1. The predicted molar refractivity (Wildman–Crippen MR) is 85.7 cm³/mol. The van der Waals surface area contributed by atoms with Gasteiger partial charge in [0, 0.05) is 23.1 Å². The summed E-state index contributed by atoms with van der Waals surface area (Å²) in [5.41, 5.74) is 3.13. The van der Waals surface area contributed by atoms with Gasteiger partial charge in [-0.2, -0.15) is 0 Å². The summed E-state index contributed by atoms with van der Waals surface area (Å²) in [5.74, 6) is 0.0667. The molecule has 2 nitrogen and oxygen atoms in total. The smallest absolute Gasteiger partial charge is 0.254 e. The van der Waals surface area contributed by atoms with E-state index in [2.05, 4.69) is 35.0 Å². The second kappa shape index (κ2) is 6.71. The Morgan fingerprint density at radius 2 is 1.90 bits per heavy atom. The van der Waals surface area contributed by atoms with E-state index in [4.69, 9.17) is 0 Å². The molecule has 2 aromatic rings. The van der Waals surface area contributed by atoms with Gasteiger partial charge in [-0.3, -0.25) is 4.79 Å². The van der Waals surface area contributed by atoms with Crippen LogP contribution in [0.5, 0.6) is 0 Å². The van der Waals surface area contributed by atoms with Crippen molar-refractivity contribution < 1.29 is 4.79 Å². The molecule has 0 heterocycles. The molecule has 0 aliphatic rings. The highest BCUT2D eigenvalue weighted by molar-refractivity contribution is 9.10. The molecule has 0 radical (unpaired) electrons. The monoisotopic (exact) mass is 331 g/mol. The molecular weight excluding hydrogens is 314 g/mol. The first-order valence-corrected chi connectivity index (χ1v) is 7.50. The molecule has 0 saturated heterocycles. The molecule has 0 bridgehead atoms. The van der Waals surface area contributed by atoms with E-state index in [1.165, 1.54) is 11.1 Å². The summed E-state index contributed by atoms with van der Waals surface area (Å²) in [6.45, 7) is 5.43. The lowest BCUT2D eigenvalue weighted by Gasteiger charge is -2.22. The maximum absolute atomic E-state index is 12.5. The molecule has 0 aromatic heterocycles. The molecule has 0 fully saturated rings. The van der Waals surface area contributed by atoms with Gasteiger partial charge in [-0.15, -0.1) is 0 Å². The zero-order valence-corrected chi connectivity index (χ0v) is 13.4. The number of nitrogens with zero attached hydrogens (tertiary/aromatic N) is 1. The average Bonchev–Trinajstić information content (AvgIpc) is 2.46. The number of amides is 1. The van der Waals surface area contributed by atoms with Crippen LogP contribution in [0.4, 0.5) is 0 Å². The van der Waals surface area contributed by atoms with Gasteiger partial charge in [0.15, 0.2) is 0 Å². The Hall–Kier alpha value is -1.61. The van der Waals surface area contributed by atoms with E-state index >= 15 is 0 Å². The topological polar surface area (TPSA) is 20.3 Å². The Balaban J connectivity index is 2.20. The van der Waals surface area contributed by atoms with Gasteiger partial charge in [-0.1, -0.05) is 46.3 Å². The van der Waals surface area contributed by atoms with Crippen LogP contribution < -0.4 is 0 Å². The van der Waals surface area contributed by atoms with Crippen molar-refractivity contribution in [2.45, 2.75) is 20.4 Å². The summed E-state index contributed by atoms with van der Waals surface area (Å²) >= 11 is 3.41. The molecule has 0 aliphatic carbocycles. The summed E-state index contributed by atoms with van der Waals surface area (Å²) in [5, 5.41) is 0. The third-order valence-corrected chi connectivity index (χ3v) is 3.86. The van der Waals surface area contributed by atoms with Crippen molar-refractivity contribution in [2.24, 2.45) is 0 Å². The highest BCUT2D eigenvalue weighted by Crippen LogP contribution is 2.16. The van der Waals surface area contributed by atoms with Gasteiger partial charge in [0.2, 0.25) is 0 Å². The van der Waals surface area contributed by atoms with Crippen LogP contribution >= 0.6 is 15.9 Å². The maximum Gasteiger partial charge on any atom is 0.254 e. The number of halogens is 1. The number of carbonyl (C=O) groups excluding carboxylic acids is 1. The Bertz CT molecular complexity index is 609. The molecule has 2 aromatic carbocycles. The van der Waals surface area contributed by atoms with Crippen molar-refractivity contribution >= 4 is 21.8 Å². The minimum absolute atomic E-state index is 0.0667. The Kier molecular flexibility index (Phi) is 4.96. The van der Waals surface area contributed by atoms with Gasteiger partial charge >= 0.3 is 0 Å². The van der Waals surface area contributed by atoms with Gasteiger partial charge < -0.3 is 4.90 Å². The predicted octanol–water partition coefficient (Wildman–Crippen LogP) is 4.42. The van der Waals surface area contributed by atoms with E-state index in [0.717, 1.165) is 10.0 Å². The molecule has 1 amide bonds. The zero-order valence-electron chi connectivity index (χ0n) is 11.8. The van der Waals surface area contributed by atoms with E-state index in [1.807, 2.05) is 48.2 Å². The van der Waals surface area contributed by atoms with Crippen LogP contribution in [0.1, 0.15) is 28.4 Å². The maximum atomic E-state index is 12.5. The van der Waals surface area contributed by atoms with Gasteiger partial charge in [-0.25, -0.2) is 0 Å². The molecular formula is C17H18BrNO. The quantitative estimate of drug-likeness (QED) is 0.812. The second-order valence-corrected chi connectivity index (χ2v) is 5.67. The molecule has 0 spiro atoms. The third-order valence-electron chi connectivity index (χ3n) is 3.36. The second-order valence-electron chi connectivity index (χ2n) is 4.76. The van der Waals surface area contributed by atoms with Crippen LogP contribution in [0.15, 0.2) is 53.0 Å². The van der Waals surface area contributed by atoms with Crippen molar-refractivity contribution in [1.82, 2.24) is 4.90 Å². The minimum Gasteiger partial charge on any atom is -0.335 e. The van der Waals surface area contributed by atoms with Gasteiger partial charge in [0.05, 0.1) is 0 Å². The fraction of sp³-hybridized carbons (Fsp3) is 0.235. The van der Waals surface area contributed by atoms with Crippen LogP contribution in [0.3, 0.4) is 0 Å². The first kappa shape index (κ1) is 14.8.